The molecule has 0 radical (unpaired) electrons. The predicted octanol–water partition coefficient (Wildman–Crippen LogP) is 4.27. The Hall–Kier alpha value is -1.27. The fourth-order valence-corrected chi connectivity index (χ4v) is 4.11. The number of rotatable bonds is 1. The van der Waals surface area contributed by atoms with E-state index in [0.29, 0.717) is 10.6 Å². The Bertz CT molecular complexity index is 697. The maximum absolute atomic E-state index is 12.8. The van der Waals surface area contributed by atoms with Crippen molar-refractivity contribution in [2.24, 2.45) is 5.92 Å². The molecule has 1 saturated heterocycles. The van der Waals surface area contributed by atoms with Crippen molar-refractivity contribution in [2.75, 3.05) is 0 Å². The molecule has 1 aromatic carbocycles. The van der Waals surface area contributed by atoms with Crippen molar-refractivity contribution in [1.29, 1.82) is 0 Å². The summed E-state index contributed by atoms with van der Waals surface area (Å²) in [6.45, 7) is 0. The van der Waals surface area contributed by atoms with Crippen molar-refractivity contribution in [3.63, 3.8) is 0 Å². The van der Waals surface area contributed by atoms with Gasteiger partial charge in [-0.2, -0.15) is 13.2 Å². The molecule has 1 aliphatic heterocycles. The van der Waals surface area contributed by atoms with Gasteiger partial charge in [0.15, 0.2) is 5.78 Å². The monoisotopic (exact) mass is 379 g/mol. The van der Waals surface area contributed by atoms with Crippen molar-refractivity contribution in [2.45, 2.75) is 43.3 Å². The molecule has 2 fully saturated rings. The standard InChI is InChI=1S/C16H14Cl2F3NO2/c17-9-1-2-10(11(18)7-9)12-13(23)15(22-14(12)24)5-3-8(4-6-15)16(19,20)21/h1-2,7-8,12H,3-6H2,(H,22,24). The molecular weight excluding hydrogens is 366 g/mol. The van der Waals surface area contributed by atoms with Crippen LogP contribution in [0.5, 0.6) is 0 Å². The molecule has 1 spiro atoms. The van der Waals surface area contributed by atoms with E-state index in [-0.39, 0.29) is 30.7 Å². The molecule has 0 aromatic heterocycles. The Morgan fingerprint density at radius 3 is 2.29 bits per heavy atom. The number of carbonyl (C=O) groups is 2. The molecule has 1 heterocycles. The fourth-order valence-electron chi connectivity index (χ4n) is 3.59. The van der Waals surface area contributed by atoms with Crippen molar-refractivity contribution >= 4 is 34.9 Å². The maximum atomic E-state index is 12.8. The van der Waals surface area contributed by atoms with Crippen LogP contribution in [0.15, 0.2) is 18.2 Å². The average Bonchev–Trinajstić information content (AvgIpc) is 2.70. The van der Waals surface area contributed by atoms with E-state index < -0.39 is 35.2 Å². The lowest BCUT2D eigenvalue weighted by atomic mass is 9.73. The summed E-state index contributed by atoms with van der Waals surface area (Å²) < 4.78 is 38.5. The molecule has 8 heteroatoms. The molecule has 3 rings (SSSR count). The Balaban J connectivity index is 1.85. The van der Waals surface area contributed by atoms with E-state index in [1.807, 2.05) is 0 Å². The molecule has 1 aliphatic carbocycles. The average molecular weight is 380 g/mol. The van der Waals surface area contributed by atoms with Gasteiger partial charge in [-0.1, -0.05) is 29.3 Å². The zero-order valence-electron chi connectivity index (χ0n) is 12.4. The topological polar surface area (TPSA) is 46.2 Å². The smallest absolute Gasteiger partial charge is 0.343 e. The second-order valence-corrected chi connectivity index (χ2v) is 7.19. The number of nitrogens with one attached hydrogen (secondary N) is 1. The number of carbonyl (C=O) groups excluding carboxylic acids is 2. The first-order valence-electron chi connectivity index (χ1n) is 7.52. The van der Waals surface area contributed by atoms with Gasteiger partial charge < -0.3 is 5.32 Å². The molecule has 1 aromatic rings. The van der Waals surface area contributed by atoms with E-state index in [1.54, 1.807) is 0 Å². The minimum Gasteiger partial charge on any atom is -0.343 e. The van der Waals surface area contributed by atoms with Crippen LogP contribution in [-0.2, 0) is 9.59 Å². The third-order valence-electron chi connectivity index (χ3n) is 4.93. The lowest BCUT2D eigenvalue weighted by molar-refractivity contribution is -0.185. The van der Waals surface area contributed by atoms with E-state index in [4.69, 9.17) is 23.2 Å². The molecule has 1 amide bonds. The Kier molecular flexibility index (Phi) is 4.33. The van der Waals surface area contributed by atoms with E-state index in [9.17, 15) is 22.8 Å². The molecule has 3 nitrogen and oxygen atoms in total. The number of benzene rings is 1. The molecule has 24 heavy (non-hydrogen) atoms. The molecule has 0 bridgehead atoms. The van der Waals surface area contributed by atoms with Gasteiger partial charge in [0.25, 0.3) is 0 Å². The largest absolute Gasteiger partial charge is 0.391 e. The quantitative estimate of drug-likeness (QED) is 0.740. The third kappa shape index (κ3) is 2.90. The summed E-state index contributed by atoms with van der Waals surface area (Å²) in [5.41, 5.74) is -0.884. The molecule has 130 valence electrons. The highest BCUT2D eigenvalue weighted by Crippen LogP contribution is 2.46. The molecule has 1 atom stereocenters. The minimum absolute atomic E-state index is 0.0105. The van der Waals surface area contributed by atoms with Gasteiger partial charge in [-0.15, -0.1) is 0 Å². The lowest BCUT2D eigenvalue weighted by Crippen LogP contribution is -2.50. The summed E-state index contributed by atoms with van der Waals surface area (Å²) in [4.78, 5) is 25.2. The molecule has 2 aliphatic rings. The van der Waals surface area contributed by atoms with Gasteiger partial charge in [-0.05, 0) is 43.4 Å². The number of Topliss-reactive ketones (excluding diaryl/α,β-unsaturated/α-hetero) is 1. The number of hydrogen-bond donors (Lipinski definition) is 1. The highest BCUT2D eigenvalue weighted by Gasteiger charge is 2.56. The number of hydrogen-bond acceptors (Lipinski definition) is 2. The van der Waals surface area contributed by atoms with E-state index in [2.05, 4.69) is 5.32 Å². The second kappa shape index (κ2) is 5.92. The van der Waals surface area contributed by atoms with Crippen molar-refractivity contribution in [3.05, 3.63) is 33.8 Å². The van der Waals surface area contributed by atoms with Crippen LogP contribution in [0.1, 0.15) is 37.2 Å². The van der Waals surface area contributed by atoms with Crippen molar-refractivity contribution < 1.29 is 22.8 Å². The SMILES string of the molecule is O=C1NC2(CCC(C(F)(F)F)CC2)C(=O)C1c1ccc(Cl)cc1Cl. The predicted molar refractivity (Wildman–Crippen MR) is 83.1 cm³/mol. The van der Waals surface area contributed by atoms with Gasteiger partial charge in [-0.25, -0.2) is 0 Å². The number of halogens is 5. The first kappa shape index (κ1) is 17.5. The van der Waals surface area contributed by atoms with Crippen LogP contribution in [0.4, 0.5) is 13.2 Å². The minimum atomic E-state index is -4.27. The number of alkyl halides is 3. The summed E-state index contributed by atoms with van der Waals surface area (Å²) in [6.07, 6.45) is -4.63. The highest BCUT2D eigenvalue weighted by molar-refractivity contribution is 6.36. The lowest BCUT2D eigenvalue weighted by Gasteiger charge is -2.36. The van der Waals surface area contributed by atoms with Crippen LogP contribution < -0.4 is 5.32 Å². The van der Waals surface area contributed by atoms with Gasteiger partial charge in [0.2, 0.25) is 5.91 Å². The Morgan fingerprint density at radius 1 is 1.12 bits per heavy atom. The van der Waals surface area contributed by atoms with Gasteiger partial charge in [0.1, 0.15) is 5.92 Å². The Labute approximate surface area is 146 Å². The summed E-state index contributed by atoms with van der Waals surface area (Å²) in [5.74, 6) is -3.45. The molecule has 1 N–H and O–H groups in total. The van der Waals surface area contributed by atoms with Gasteiger partial charge >= 0.3 is 6.18 Å². The summed E-state index contributed by atoms with van der Waals surface area (Å²) in [6, 6.07) is 4.46. The Morgan fingerprint density at radius 2 is 1.75 bits per heavy atom. The zero-order valence-corrected chi connectivity index (χ0v) is 13.9. The van der Waals surface area contributed by atoms with Gasteiger partial charge in [0, 0.05) is 10.0 Å². The van der Waals surface area contributed by atoms with Crippen LogP contribution >= 0.6 is 23.2 Å². The van der Waals surface area contributed by atoms with Crippen LogP contribution in [-0.4, -0.2) is 23.4 Å². The van der Waals surface area contributed by atoms with Crippen LogP contribution in [0.25, 0.3) is 0 Å². The first-order chi connectivity index (χ1) is 11.1. The van der Waals surface area contributed by atoms with E-state index >= 15 is 0 Å². The van der Waals surface area contributed by atoms with Gasteiger partial charge in [0.05, 0.1) is 11.5 Å². The van der Waals surface area contributed by atoms with E-state index in [1.165, 1.54) is 18.2 Å². The van der Waals surface area contributed by atoms with Crippen molar-refractivity contribution in [3.8, 4) is 0 Å². The summed E-state index contributed by atoms with van der Waals surface area (Å²) in [7, 11) is 0. The highest BCUT2D eigenvalue weighted by atomic mass is 35.5. The maximum Gasteiger partial charge on any atom is 0.391 e. The summed E-state index contributed by atoms with van der Waals surface area (Å²) >= 11 is 11.9. The number of amides is 1. The van der Waals surface area contributed by atoms with Crippen LogP contribution in [0.2, 0.25) is 10.0 Å². The molecular formula is C16H14Cl2F3NO2. The summed E-state index contributed by atoms with van der Waals surface area (Å²) in [5, 5.41) is 3.20. The fraction of sp³-hybridized carbons (Fsp3) is 0.500. The second-order valence-electron chi connectivity index (χ2n) is 6.35. The first-order valence-corrected chi connectivity index (χ1v) is 8.28. The van der Waals surface area contributed by atoms with E-state index in [0.717, 1.165) is 0 Å². The van der Waals surface area contributed by atoms with Crippen LogP contribution in [0, 0.1) is 5.92 Å². The van der Waals surface area contributed by atoms with Gasteiger partial charge in [-0.3, -0.25) is 9.59 Å². The zero-order chi connectivity index (χ0) is 17.7. The van der Waals surface area contributed by atoms with Crippen LogP contribution in [0.3, 0.4) is 0 Å². The normalized spacial score (nSPS) is 30.7. The number of ketones is 1. The molecule has 1 unspecified atom stereocenters. The van der Waals surface area contributed by atoms with Crippen molar-refractivity contribution in [1.82, 2.24) is 5.32 Å². The molecule has 1 saturated carbocycles. The third-order valence-corrected chi connectivity index (χ3v) is 5.50.